The van der Waals surface area contributed by atoms with Crippen LogP contribution in [0.3, 0.4) is 0 Å². The summed E-state index contributed by atoms with van der Waals surface area (Å²) < 4.78 is 35.2. The highest BCUT2D eigenvalue weighted by molar-refractivity contribution is 7.92. The zero-order chi connectivity index (χ0) is 31.2. The van der Waals surface area contributed by atoms with Crippen molar-refractivity contribution in [2.75, 3.05) is 11.3 Å². The number of carbonyl (C=O) groups is 1. The van der Waals surface area contributed by atoms with Gasteiger partial charge in [-0.05, 0) is 67.1 Å². The van der Waals surface area contributed by atoms with Gasteiger partial charge in [0.05, 0.1) is 21.8 Å². The molecule has 0 amide bonds. The van der Waals surface area contributed by atoms with Crippen LogP contribution in [0.4, 0.5) is 5.95 Å². The maximum absolute atomic E-state index is 13.3. The molecule has 0 saturated carbocycles. The fourth-order valence-electron chi connectivity index (χ4n) is 4.73. The van der Waals surface area contributed by atoms with Gasteiger partial charge in [0.25, 0.3) is 10.0 Å². The van der Waals surface area contributed by atoms with Gasteiger partial charge in [-0.25, -0.2) is 22.9 Å². The van der Waals surface area contributed by atoms with Gasteiger partial charge in [0, 0.05) is 30.4 Å². The number of benzene rings is 2. The number of nitrogens with one attached hydrogen (secondary N) is 2. The molecule has 3 N–H and O–H groups in total. The fourth-order valence-corrected chi connectivity index (χ4v) is 5.72. The Morgan fingerprint density at radius 1 is 0.977 bits per heavy atom. The quantitative estimate of drug-likeness (QED) is 0.188. The number of ether oxygens (including phenoxy) is 1. The van der Waals surface area contributed by atoms with E-state index in [9.17, 15) is 18.3 Å². The van der Waals surface area contributed by atoms with Crippen LogP contribution >= 0.6 is 0 Å². The molecule has 0 radical (unpaired) electrons. The highest BCUT2D eigenvalue weighted by atomic mass is 32.2. The van der Waals surface area contributed by atoms with Gasteiger partial charge in [0.15, 0.2) is 0 Å². The molecule has 1 atom stereocenters. The molecule has 226 valence electrons. The third kappa shape index (κ3) is 8.82. The maximum atomic E-state index is 13.3. The van der Waals surface area contributed by atoms with Crippen LogP contribution in [0.5, 0.6) is 5.88 Å². The summed E-state index contributed by atoms with van der Waals surface area (Å²) in [6.07, 6.45) is 2.55. The number of pyridine rings is 1. The summed E-state index contributed by atoms with van der Waals surface area (Å²) in [6.45, 7) is 11.2. The van der Waals surface area contributed by atoms with Crippen LogP contribution in [0.2, 0.25) is 0 Å². The molecule has 2 aromatic carbocycles. The third-order valence-electron chi connectivity index (χ3n) is 6.65. The van der Waals surface area contributed by atoms with Crippen molar-refractivity contribution in [3.8, 4) is 17.1 Å². The highest BCUT2D eigenvalue weighted by Gasteiger charge is 2.22. The predicted molar refractivity (Wildman–Crippen MR) is 166 cm³/mol. The summed E-state index contributed by atoms with van der Waals surface area (Å²) in [4.78, 5) is 24.5. The van der Waals surface area contributed by atoms with Gasteiger partial charge < -0.3 is 15.2 Å². The minimum absolute atomic E-state index is 0.00548. The molecule has 4 aromatic rings. The molecule has 2 heterocycles. The standard InChI is InChI=1S/C32H37N5O5S/c1-21-10-8-11-22(2)29(21)27-17-28(42-20-25(18-32(3,4)5)34-19-24-13-6-7-15-33-24)36-31(35-27)37-43(40,41)26-14-9-12-23(16-26)30(38)39/h6-17,25,34H,18-20H2,1-5H3,(H,38,39)(H,35,36,37)/t25-/m1/s1. The van der Waals surface area contributed by atoms with Gasteiger partial charge in [-0.15, -0.1) is 0 Å². The summed E-state index contributed by atoms with van der Waals surface area (Å²) in [5, 5.41) is 12.9. The molecule has 43 heavy (non-hydrogen) atoms. The molecule has 2 aromatic heterocycles. The van der Waals surface area contributed by atoms with Crippen LogP contribution in [0.15, 0.2) is 77.8 Å². The molecule has 0 bridgehead atoms. The molecule has 11 heteroatoms. The molecule has 0 aliphatic rings. The topological polar surface area (TPSA) is 143 Å². The molecule has 0 aliphatic carbocycles. The number of rotatable bonds is 12. The number of sulfonamides is 1. The summed E-state index contributed by atoms with van der Waals surface area (Å²) >= 11 is 0. The Balaban J connectivity index is 1.66. The van der Waals surface area contributed by atoms with Crippen molar-refractivity contribution in [1.82, 2.24) is 20.3 Å². The average molecular weight is 604 g/mol. The number of aromatic nitrogens is 3. The first-order valence-electron chi connectivity index (χ1n) is 13.9. The van der Waals surface area contributed by atoms with E-state index in [4.69, 9.17) is 4.74 Å². The van der Waals surface area contributed by atoms with Gasteiger partial charge >= 0.3 is 5.97 Å². The fraction of sp³-hybridized carbons (Fsp3) is 0.312. The Kier molecular flexibility index (Phi) is 9.77. The van der Waals surface area contributed by atoms with Crippen LogP contribution < -0.4 is 14.8 Å². The number of anilines is 1. The number of carboxylic acids is 1. The van der Waals surface area contributed by atoms with E-state index in [2.05, 4.69) is 45.8 Å². The van der Waals surface area contributed by atoms with Gasteiger partial charge in [-0.3, -0.25) is 4.98 Å². The van der Waals surface area contributed by atoms with Crippen molar-refractivity contribution < 1.29 is 23.1 Å². The number of nitrogens with zero attached hydrogens (tertiary/aromatic N) is 3. The number of hydrogen-bond acceptors (Lipinski definition) is 8. The Labute approximate surface area is 252 Å². The van der Waals surface area contributed by atoms with Crippen LogP contribution in [0, 0.1) is 19.3 Å². The molecule has 0 unspecified atom stereocenters. The maximum Gasteiger partial charge on any atom is 0.335 e. The Hall–Kier alpha value is -4.35. The molecule has 0 fully saturated rings. The lowest BCUT2D eigenvalue weighted by Gasteiger charge is -2.27. The number of aromatic carboxylic acids is 1. The van der Waals surface area contributed by atoms with Crippen LogP contribution in [-0.2, 0) is 16.6 Å². The van der Waals surface area contributed by atoms with Gasteiger partial charge in [-0.1, -0.05) is 51.1 Å². The molecule has 10 nitrogen and oxygen atoms in total. The van der Waals surface area contributed by atoms with Crippen molar-refractivity contribution >= 4 is 21.9 Å². The molecular weight excluding hydrogens is 566 g/mol. The Morgan fingerprint density at radius 2 is 1.70 bits per heavy atom. The lowest BCUT2D eigenvalue weighted by Crippen LogP contribution is -2.37. The first kappa shape index (κ1) is 31.6. The zero-order valence-electron chi connectivity index (χ0n) is 25.0. The largest absolute Gasteiger partial charge is 0.478 e. The van der Waals surface area contributed by atoms with Crippen molar-refractivity contribution in [2.45, 2.75) is 58.5 Å². The minimum atomic E-state index is -4.21. The molecule has 0 saturated heterocycles. The molecule has 0 aliphatic heterocycles. The van der Waals surface area contributed by atoms with E-state index < -0.39 is 16.0 Å². The summed E-state index contributed by atoms with van der Waals surface area (Å²) in [6, 6.07) is 18.3. The highest BCUT2D eigenvalue weighted by Crippen LogP contribution is 2.30. The smallest absolute Gasteiger partial charge is 0.335 e. The van der Waals surface area contributed by atoms with Crippen LogP contribution in [0.1, 0.15) is 54.4 Å². The Morgan fingerprint density at radius 3 is 2.35 bits per heavy atom. The van der Waals surface area contributed by atoms with Gasteiger partial charge in [0.1, 0.15) is 6.61 Å². The predicted octanol–water partition coefficient (Wildman–Crippen LogP) is 5.63. The number of aryl methyl sites for hydroxylation is 2. The van der Waals surface area contributed by atoms with E-state index in [1.807, 2.05) is 50.2 Å². The van der Waals surface area contributed by atoms with E-state index in [0.29, 0.717) is 12.2 Å². The normalized spacial score (nSPS) is 12.5. The second-order valence-corrected chi connectivity index (χ2v) is 13.3. The summed E-state index contributed by atoms with van der Waals surface area (Å²) in [7, 11) is -4.21. The average Bonchev–Trinajstić information content (AvgIpc) is 2.94. The molecule has 4 rings (SSSR count). The van der Waals surface area contributed by atoms with Gasteiger partial charge in [0.2, 0.25) is 11.8 Å². The summed E-state index contributed by atoms with van der Waals surface area (Å²) in [5.41, 5.74) is 4.00. The van der Waals surface area contributed by atoms with E-state index in [-0.39, 0.29) is 40.4 Å². The minimum Gasteiger partial charge on any atom is -0.478 e. The van der Waals surface area contributed by atoms with Crippen molar-refractivity contribution in [1.29, 1.82) is 0 Å². The van der Waals surface area contributed by atoms with E-state index in [1.165, 1.54) is 18.2 Å². The van der Waals surface area contributed by atoms with Crippen molar-refractivity contribution in [2.24, 2.45) is 5.41 Å². The number of hydrogen-bond donors (Lipinski definition) is 3. The zero-order valence-corrected chi connectivity index (χ0v) is 25.8. The Bertz CT molecular complexity index is 1670. The first-order chi connectivity index (χ1) is 20.3. The SMILES string of the molecule is Cc1cccc(C)c1-c1cc(OC[C@@H](CC(C)(C)C)NCc2ccccn2)nc(NS(=O)(=O)c2cccc(C(=O)O)c2)n1. The van der Waals surface area contributed by atoms with E-state index in [0.717, 1.165) is 34.9 Å². The van der Waals surface area contributed by atoms with Crippen molar-refractivity contribution in [3.05, 3.63) is 95.3 Å². The number of carboxylic acid groups (broad SMARTS) is 1. The lowest BCUT2D eigenvalue weighted by molar-refractivity contribution is 0.0696. The molecular formula is C32H37N5O5S. The third-order valence-corrected chi connectivity index (χ3v) is 7.97. The lowest BCUT2D eigenvalue weighted by atomic mass is 9.88. The summed E-state index contributed by atoms with van der Waals surface area (Å²) in [5.74, 6) is -1.23. The first-order valence-corrected chi connectivity index (χ1v) is 15.4. The monoisotopic (exact) mass is 603 g/mol. The second-order valence-electron chi connectivity index (χ2n) is 11.6. The second kappa shape index (κ2) is 13.3. The van der Waals surface area contributed by atoms with E-state index in [1.54, 1.807) is 12.3 Å². The van der Waals surface area contributed by atoms with Crippen LogP contribution in [-0.4, -0.2) is 47.1 Å². The van der Waals surface area contributed by atoms with Crippen molar-refractivity contribution in [3.63, 3.8) is 0 Å². The van der Waals surface area contributed by atoms with Crippen LogP contribution in [0.25, 0.3) is 11.3 Å². The molecule has 0 spiro atoms. The van der Waals surface area contributed by atoms with Gasteiger partial charge in [-0.2, -0.15) is 4.98 Å². The van der Waals surface area contributed by atoms with E-state index >= 15 is 0 Å².